The van der Waals surface area contributed by atoms with Crippen molar-refractivity contribution in [3.8, 4) is 34.4 Å². The number of benzene rings is 4. The maximum absolute atomic E-state index is 11.1. The quantitative estimate of drug-likeness (QED) is 0.216. The van der Waals surface area contributed by atoms with E-state index in [2.05, 4.69) is 28.8 Å². The summed E-state index contributed by atoms with van der Waals surface area (Å²) in [6.45, 7) is 3.91. The SMILES string of the molecule is COc1c(COc2ccc(CNCCNC(C)=O)c(OCc3ccc(C#N)cc3)c2)cccc1-c1ccccc1. The number of para-hydroxylation sites is 1. The van der Waals surface area contributed by atoms with Crippen LogP contribution in [0.15, 0.2) is 91.0 Å². The number of carbonyl (C=O) groups excluding carboxylic acids is 1. The molecule has 2 N–H and O–H groups in total. The van der Waals surface area contributed by atoms with Crippen molar-refractivity contribution < 1.29 is 19.0 Å². The van der Waals surface area contributed by atoms with Crippen LogP contribution in [0.4, 0.5) is 0 Å². The Morgan fingerprint density at radius 1 is 0.850 bits per heavy atom. The highest BCUT2D eigenvalue weighted by Crippen LogP contribution is 2.34. The van der Waals surface area contributed by atoms with Gasteiger partial charge in [0.1, 0.15) is 30.5 Å². The molecular weight excluding hydrogens is 502 g/mol. The average Bonchev–Trinajstić information content (AvgIpc) is 2.99. The zero-order valence-electron chi connectivity index (χ0n) is 22.8. The lowest BCUT2D eigenvalue weighted by Crippen LogP contribution is -2.30. The molecule has 0 aliphatic carbocycles. The second kappa shape index (κ2) is 14.4. The summed E-state index contributed by atoms with van der Waals surface area (Å²) in [5.74, 6) is 2.09. The molecule has 4 aromatic carbocycles. The van der Waals surface area contributed by atoms with E-state index in [1.807, 2.05) is 66.7 Å². The molecule has 0 unspecified atom stereocenters. The van der Waals surface area contributed by atoms with Crippen LogP contribution in [0.5, 0.6) is 17.2 Å². The molecular formula is C33H33N3O4. The number of methoxy groups -OCH3 is 1. The zero-order valence-corrected chi connectivity index (χ0v) is 22.8. The second-order valence-corrected chi connectivity index (χ2v) is 9.18. The van der Waals surface area contributed by atoms with Gasteiger partial charge in [-0.25, -0.2) is 0 Å². The van der Waals surface area contributed by atoms with Gasteiger partial charge in [-0.2, -0.15) is 5.26 Å². The van der Waals surface area contributed by atoms with E-state index >= 15 is 0 Å². The summed E-state index contributed by atoms with van der Waals surface area (Å²) in [6.07, 6.45) is 0. The van der Waals surface area contributed by atoms with Gasteiger partial charge in [0.05, 0.1) is 18.7 Å². The Hall–Kier alpha value is -4.80. The number of hydrogen-bond acceptors (Lipinski definition) is 6. The summed E-state index contributed by atoms with van der Waals surface area (Å²) >= 11 is 0. The van der Waals surface area contributed by atoms with E-state index in [4.69, 9.17) is 19.5 Å². The Morgan fingerprint density at radius 2 is 1.65 bits per heavy atom. The maximum Gasteiger partial charge on any atom is 0.216 e. The van der Waals surface area contributed by atoms with Crippen molar-refractivity contribution >= 4 is 5.91 Å². The summed E-state index contributed by atoms with van der Waals surface area (Å²) in [5.41, 5.74) is 5.55. The number of hydrogen-bond donors (Lipinski definition) is 2. The van der Waals surface area contributed by atoms with Crippen LogP contribution in [0.2, 0.25) is 0 Å². The van der Waals surface area contributed by atoms with E-state index in [9.17, 15) is 4.79 Å². The number of nitrogens with one attached hydrogen (secondary N) is 2. The first-order valence-corrected chi connectivity index (χ1v) is 13.1. The number of rotatable bonds is 13. The fourth-order valence-electron chi connectivity index (χ4n) is 4.24. The fourth-order valence-corrected chi connectivity index (χ4v) is 4.24. The molecule has 7 heteroatoms. The van der Waals surface area contributed by atoms with E-state index < -0.39 is 0 Å². The van der Waals surface area contributed by atoms with E-state index in [1.54, 1.807) is 19.2 Å². The molecule has 0 bridgehead atoms. The van der Waals surface area contributed by atoms with E-state index in [-0.39, 0.29) is 5.91 Å². The highest BCUT2D eigenvalue weighted by molar-refractivity contribution is 5.73. The summed E-state index contributed by atoms with van der Waals surface area (Å²) in [7, 11) is 1.67. The van der Waals surface area contributed by atoms with Gasteiger partial charge in [-0.3, -0.25) is 4.79 Å². The van der Waals surface area contributed by atoms with Gasteiger partial charge in [0, 0.05) is 49.3 Å². The molecule has 0 fully saturated rings. The first-order chi connectivity index (χ1) is 19.6. The number of nitriles is 1. The zero-order chi connectivity index (χ0) is 28.2. The Morgan fingerprint density at radius 3 is 2.38 bits per heavy atom. The molecule has 0 spiro atoms. The predicted molar refractivity (Wildman–Crippen MR) is 155 cm³/mol. The molecule has 0 atom stereocenters. The lowest BCUT2D eigenvalue weighted by molar-refractivity contribution is -0.118. The molecule has 0 saturated carbocycles. The Bertz CT molecular complexity index is 1450. The van der Waals surface area contributed by atoms with E-state index in [0.29, 0.717) is 49.9 Å². The van der Waals surface area contributed by atoms with Crippen LogP contribution in [0.3, 0.4) is 0 Å². The Balaban J connectivity index is 1.49. The lowest BCUT2D eigenvalue weighted by atomic mass is 10.0. The molecule has 0 aliphatic heterocycles. The van der Waals surface area contributed by atoms with Crippen molar-refractivity contribution in [3.05, 3.63) is 113 Å². The van der Waals surface area contributed by atoms with Gasteiger partial charge >= 0.3 is 0 Å². The molecule has 7 nitrogen and oxygen atoms in total. The minimum atomic E-state index is -0.0549. The third-order valence-electron chi connectivity index (χ3n) is 6.29. The van der Waals surface area contributed by atoms with Crippen molar-refractivity contribution in [1.82, 2.24) is 10.6 Å². The van der Waals surface area contributed by atoms with Gasteiger partial charge < -0.3 is 24.8 Å². The van der Waals surface area contributed by atoms with Crippen molar-refractivity contribution in [3.63, 3.8) is 0 Å². The van der Waals surface area contributed by atoms with Gasteiger partial charge in [0.2, 0.25) is 5.91 Å². The summed E-state index contributed by atoms with van der Waals surface area (Å²) in [4.78, 5) is 11.1. The second-order valence-electron chi connectivity index (χ2n) is 9.18. The van der Waals surface area contributed by atoms with Gasteiger partial charge in [-0.15, -0.1) is 0 Å². The molecule has 0 saturated heterocycles. The summed E-state index contributed by atoms with van der Waals surface area (Å²) in [6, 6.07) is 31.4. The third-order valence-corrected chi connectivity index (χ3v) is 6.29. The van der Waals surface area contributed by atoms with Crippen LogP contribution in [0.1, 0.15) is 29.2 Å². The van der Waals surface area contributed by atoms with Gasteiger partial charge in [0.15, 0.2) is 0 Å². The first kappa shape index (κ1) is 28.2. The monoisotopic (exact) mass is 535 g/mol. The standard InChI is InChI=1S/C33H33N3O4/c1-24(37)36-18-17-35-21-28-15-16-30(19-32(28)40-22-26-13-11-25(20-34)12-14-26)39-23-29-9-6-10-31(33(29)38-2)27-7-4-3-5-8-27/h3-16,19,35H,17-18,21-23H2,1-2H3,(H,36,37). The summed E-state index contributed by atoms with van der Waals surface area (Å²) in [5, 5.41) is 15.2. The van der Waals surface area contributed by atoms with Gasteiger partial charge in [-0.05, 0) is 29.3 Å². The van der Waals surface area contributed by atoms with Crippen LogP contribution in [0, 0.1) is 11.3 Å². The Labute approximate surface area is 235 Å². The fraction of sp³-hybridized carbons (Fsp3) is 0.212. The van der Waals surface area contributed by atoms with Crippen molar-refractivity contribution in [2.45, 2.75) is 26.7 Å². The molecule has 1 amide bonds. The van der Waals surface area contributed by atoms with Crippen molar-refractivity contribution in [1.29, 1.82) is 5.26 Å². The molecule has 204 valence electrons. The first-order valence-electron chi connectivity index (χ1n) is 13.1. The van der Waals surface area contributed by atoms with E-state index in [1.165, 1.54) is 6.92 Å². The predicted octanol–water partition coefficient (Wildman–Crippen LogP) is 5.62. The molecule has 40 heavy (non-hydrogen) atoms. The summed E-state index contributed by atoms with van der Waals surface area (Å²) < 4.78 is 18.2. The smallest absolute Gasteiger partial charge is 0.216 e. The molecule has 0 radical (unpaired) electrons. The van der Waals surface area contributed by atoms with Crippen LogP contribution in [-0.4, -0.2) is 26.1 Å². The van der Waals surface area contributed by atoms with E-state index in [0.717, 1.165) is 33.6 Å². The minimum absolute atomic E-state index is 0.0549. The van der Waals surface area contributed by atoms with Crippen LogP contribution < -0.4 is 24.8 Å². The van der Waals surface area contributed by atoms with Gasteiger partial charge in [-0.1, -0.05) is 66.7 Å². The topological polar surface area (TPSA) is 92.6 Å². The number of nitrogens with zero attached hydrogens (tertiary/aromatic N) is 1. The van der Waals surface area contributed by atoms with Crippen LogP contribution in [0.25, 0.3) is 11.1 Å². The molecule has 0 heterocycles. The molecule has 0 aromatic heterocycles. The van der Waals surface area contributed by atoms with Gasteiger partial charge in [0.25, 0.3) is 0 Å². The molecule has 0 aliphatic rings. The number of ether oxygens (including phenoxy) is 3. The highest BCUT2D eigenvalue weighted by Gasteiger charge is 2.13. The van der Waals surface area contributed by atoms with Crippen molar-refractivity contribution in [2.75, 3.05) is 20.2 Å². The van der Waals surface area contributed by atoms with Crippen LogP contribution in [-0.2, 0) is 24.6 Å². The number of amides is 1. The highest BCUT2D eigenvalue weighted by atomic mass is 16.5. The lowest BCUT2D eigenvalue weighted by Gasteiger charge is -2.17. The van der Waals surface area contributed by atoms with Crippen LogP contribution >= 0.6 is 0 Å². The normalized spacial score (nSPS) is 10.4. The maximum atomic E-state index is 11.1. The number of carbonyl (C=O) groups is 1. The molecule has 4 aromatic rings. The minimum Gasteiger partial charge on any atom is -0.496 e. The average molecular weight is 536 g/mol. The Kier molecular flexibility index (Phi) is 10.1. The molecule has 4 rings (SSSR count). The third kappa shape index (κ3) is 7.85. The van der Waals surface area contributed by atoms with Crippen molar-refractivity contribution in [2.24, 2.45) is 0 Å². The largest absolute Gasteiger partial charge is 0.496 e.